The number of nitrogens with one attached hydrogen (secondary N) is 2. The van der Waals surface area contributed by atoms with E-state index in [9.17, 15) is 4.79 Å². The van der Waals surface area contributed by atoms with Crippen LogP contribution in [0.15, 0.2) is 36.4 Å². The highest BCUT2D eigenvalue weighted by Gasteiger charge is 2.08. The largest absolute Gasteiger partial charge is 0.493 e. The second kappa shape index (κ2) is 7.94. The minimum atomic E-state index is -0.371. The summed E-state index contributed by atoms with van der Waals surface area (Å²) < 4.78 is 10.4. The van der Waals surface area contributed by atoms with E-state index in [-0.39, 0.29) is 6.03 Å². The van der Waals surface area contributed by atoms with Gasteiger partial charge in [0.25, 0.3) is 0 Å². The average molecular weight is 355 g/mol. The van der Waals surface area contributed by atoms with Crippen molar-refractivity contribution in [1.29, 1.82) is 0 Å². The molecule has 7 heteroatoms. The van der Waals surface area contributed by atoms with Crippen LogP contribution in [0.4, 0.5) is 10.5 Å². The number of anilines is 1. The molecular formula is C16H16Cl2N2O3. The van der Waals surface area contributed by atoms with Crippen LogP contribution in [0.2, 0.25) is 10.0 Å². The Morgan fingerprint density at radius 1 is 1.04 bits per heavy atom. The zero-order valence-electron chi connectivity index (χ0n) is 12.7. The molecule has 2 aromatic rings. The van der Waals surface area contributed by atoms with Gasteiger partial charge in [0.1, 0.15) is 0 Å². The van der Waals surface area contributed by atoms with E-state index in [1.807, 2.05) is 6.07 Å². The average Bonchev–Trinajstić information content (AvgIpc) is 2.55. The number of rotatable bonds is 5. The van der Waals surface area contributed by atoms with Gasteiger partial charge in [-0.3, -0.25) is 0 Å². The number of halogens is 2. The lowest BCUT2D eigenvalue weighted by atomic mass is 10.2. The van der Waals surface area contributed by atoms with Crippen LogP contribution in [0.1, 0.15) is 5.56 Å². The van der Waals surface area contributed by atoms with Gasteiger partial charge in [-0.1, -0.05) is 29.3 Å². The fraction of sp³-hybridized carbons (Fsp3) is 0.188. The summed E-state index contributed by atoms with van der Waals surface area (Å²) in [5.74, 6) is 1.24. The molecule has 2 aromatic carbocycles. The van der Waals surface area contributed by atoms with Gasteiger partial charge >= 0.3 is 6.03 Å². The number of methoxy groups -OCH3 is 2. The fourth-order valence-electron chi connectivity index (χ4n) is 1.93. The van der Waals surface area contributed by atoms with Gasteiger partial charge in [-0.2, -0.15) is 0 Å². The zero-order valence-corrected chi connectivity index (χ0v) is 14.2. The first-order chi connectivity index (χ1) is 11.0. The van der Waals surface area contributed by atoms with E-state index in [1.165, 1.54) is 0 Å². The first kappa shape index (κ1) is 17.2. The van der Waals surface area contributed by atoms with E-state index in [4.69, 9.17) is 32.7 Å². The van der Waals surface area contributed by atoms with Gasteiger partial charge in [0.2, 0.25) is 0 Å². The summed E-state index contributed by atoms with van der Waals surface area (Å²) in [7, 11) is 3.13. The smallest absolute Gasteiger partial charge is 0.319 e. The second-order valence-corrected chi connectivity index (χ2v) is 5.46. The van der Waals surface area contributed by atoms with Crippen molar-refractivity contribution in [1.82, 2.24) is 5.32 Å². The first-order valence-electron chi connectivity index (χ1n) is 6.74. The van der Waals surface area contributed by atoms with E-state index in [2.05, 4.69) is 10.6 Å². The topological polar surface area (TPSA) is 59.6 Å². The molecule has 0 saturated heterocycles. The Morgan fingerprint density at radius 3 is 2.43 bits per heavy atom. The van der Waals surface area contributed by atoms with Crippen LogP contribution in [-0.2, 0) is 6.54 Å². The molecule has 0 atom stereocenters. The summed E-state index contributed by atoms with van der Waals surface area (Å²) in [6.45, 7) is 0.331. The maximum Gasteiger partial charge on any atom is 0.319 e. The third-order valence-electron chi connectivity index (χ3n) is 3.08. The molecule has 0 bridgehead atoms. The summed E-state index contributed by atoms with van der Waals surface area (Å²) in [6, 6.07) is 9.91. The van der Waals surface area contributed by atoms with Gasteiger partial charge < -0.3 is 20.1 Å². The normalized spacial score (nSPS) is 10.1. The highest BCUT2D eigenvalue weighted by Crippen LogP contribution is 2.27. The Hall–Kier alpha value is -2.11. The monoisotopic (exact) mass is 354 g/mol. The molecule has 5 nitrogen and oxygen atoms in total. The van der Waals surface area contributed by atoms with E-state index in [1.54, 1.807) is 44.6 Å². The van der Waals surface area contributed by atoms with E-state index in [0.717, 1.165) is 5.56 Å². The Morgan fingerprint density at radius 2 is 1.78 bits per heavy atom. The molecule has 23 heavy (non-hydrogen) atoms. The molecule has 0 aliphatic rings. The number of carbonyl (C=O) groups is 1. The summed E-state index contributed by atoms with van der Waals surface area (Å²) in [5.41, 5.74) is 1.36. The maximum absolute atomic E-state index is 11.9. The predicted octanol–water partition coefficient (Wildman–Crippen LogP) is 4.33. The lowest BCUT2D eigenvalue weighted by Gasteiger charge is -2.11. The SMILES string of the molecule is COc1ccc(CNC(=O)Nc2ccc(Cl)cc2Cl)cc1OC. The molecule has 0 radical (unpaired) electrons. The van der Waals surface area contributed by atoms with E-state index < -0.39 is 0 Å². The molecule has 122 valence electrons. The van der Waals surface area contributed by atoms with E-state index in [0.29, 0.717) is 33.8 Å². The number of carbonyl (C=O) groups excluding carboxylic acids is 1. The first-order valence-corrected chi connectivity index (χ1v) is 7.50. The lowest BCUT2D eigenvalue weighted by Crippen LogP contribution is -2.28. The fourth-order valence-corrected chi connectivity index (χ4v) is 2.39. The quantitative estimate of drug-likeness (QED) is 0.839. The van der Waals surface area contributed by atoms with Gasteiger partial charge in [-0.15, -0.1) is 0 Å². The molecule has 2 N–H and O–H groups in total. The van der Waals surface area contributed by atoms with Gasteiger partial charge in [0.05, 0.1) is 24.9 Å². The third-order valence-corrected chi connectivity index (χ3v) is 3.63. The molecule has 0 aromatic heterocycles. The minimum absolute atomic E-state index is 0.331. The van der Waals surface area contributed by atoms with Crippen molar-refractivity contribution in [3.63, 3.8) is 0 Å². The zero-order chi connectivity index (χ0) is 16.8. The molecule has 2 amide bonds. The van der Waals surface area contributed by atoms with Gasteiger partial charge in [-0.25, -0.2) is 4.79 Å². The van der Waals surface area contributed by atoms with Crippen molar-refractivity contribution >= 4 is 34.9 Å². The van der Waals surface area contributed by atoms with Crippen LogP contribution in [0.25, 0.3) is 0 Å². The summed E-state index contributed by atoms with van der Waals surface area (Å²) in [6.07, 6.45) is 0. The molecule has 0 spiro atoms. The molecular weight excluding hydrogens is 339 g/mol. The van der Waals surface area contributed by atoms with E-state index >= 15 is 0 Å². The number of hydrogen-bond donors (Lipinski definition) is 2. The molecule has 0 fully saturated rings. The molecule has 2 rings (SSSR count). The lowest BCUT2D eigenvalue weighted by molar-refractivity contribution is 0.251. The Kier molecular flexibility index (Phi) is 5.96. The Balaban J connectivity index is 1.96. The molecule has 0 aliphatic heterocycles. The number of amides is 2. The molecule has 0 saturated carbocycles. The summed E-state index contributed by atoms with van der Waals surface area (Å²) in [5, 5.41) is 6.28. The molecule has 0 aliphatic carbocycles. The predicted molar refractivity (Wildman–Crippen MR) is 91.9 cm³/mol. The van der Waals surface area contributed by atoms with Crippen molar-refractivity contribution in [2.75, 3.05) is 19.5 Å². The van der Waals surface area contributed by atoms with Gasteiger partial charge in [0, 0.05) is 11.6 Å². The molecule has 0 heterocycles. The molecule has 0 unspecified atom stereocenters. The van der Waals surface area contributed by atoms with Gasteiger partial charge in [0.15, 0.2) is 11.5 Å². The van der Waals surface area contributed by atoms with Crippen molar-refractivity contribution in [2.45, 2.75) is 6.54 Å². The van der Waals surface area contributed by atoms with Crippen LogP contribution in [0.3, 0.4) is 0 Å². The number of ether oxygens (including phenoxy) is 2. The third kappa shape index (κ3) is 4.68. The minimum Gasteiger partial charge on any atom is -0.493 e. The second-order valence-electron chi connectivity index (χ2n) is 4.62. The Labute approximate surface area is 144 Å². The number of hydrogen-bond acceptors (Lipinski definition) is 3. The summed E-state index contributed by atoms with van der Waals surface area (Å²) in [4.78, 5) is 11.9. The highest BCUT2D eigenvalue weighted by atomic mass is 35.5. The van der Waals surface area contributed by atoms with Crippen molar-refractivity contribution in [3.05, 3.63) is 52.0 Å². The van der Waals surface area contributed by atoms with Crippen LogP contribution in [0.5, 0.6) is 11.5 Å². The van der Waals surface area contributed by atoms with Crippen molar-refractivity contribution in [3.8, 4) is 11.5 Å². The van der Waals surface area contributed by atoms with Gasteiger partial charge in [-0.05, 0) is 35.9 Å². The standard InChI is InChI=1S/C16H16Cl2N2O3/c1-22-14-6-3-10(7-15(14)23-2)9-19-16(21)20-13-5-4-11(17)8-12(13)18/h3-8H,9H2,1-2H3,(H2,19,20,21). The number of urea groups is 1. The highest BCUT2D eigenvalue weighted by molar-refractivity contribution is 6.36. The van der Waals surface area contributed by atoms with Crippen LogP contribution < -0.4 is 20.1 Å². The maximum atomic E-state index is 11.9. The number of benzene rings is 2. The van der Waals surface area contributed by atoms with Crippen molar-refractivity contribution < 1.29 is 14.3 Å². The van der Waals surface area contributed by atoms with Crippen LogP contribution in [0, 0.1) is 0 Å². The Bertz CT molecular complexity index is 708. The van der Waals surface area contributed by atoms with Crippen LogP contribution in [-0.4, -0.2) is 20.3 Å². The van der Waals surface area contributed by atoms with Crippen molar-refractivity contribution in [2.24, 2.45) is 0 Å². The summed E-state index contributed by atoms with van der Waals surface area (Å²) >= 11 is 11.8. The van der Waals surface area contributed by atoms with Crippen LogP contribution >= 0.6 is 23.2 Å².